The normalized spacial score (nSPS) is 10.0. The first-order valence-corrected chi connectivity index (χ1v) is 6.04. The van der Waals surface area contributed by atoms with Crippen molar-refractivity contribution in [2.75, 3.05) is 12.4 Å². The van der Waals surface area contributed by atoms with Crippen molar-refractivity contribution >= 4 is 23.4 Å². The Hall–Kier alpha value is -2.96. The van der Waals surface area contributed by atoms with Gasteiger partial charge in [0.1, 0.15) is 0 Å². The number of ether oxygens (including phenoxy) is 1. The van der Waals surface area contributed by atoms with E-state index < -0.39 is 11.9 Å². The van der Waals surface area contributed by atoms with E-state index in [1.807, 2.05) is 0 Å². The molecule has 21 heavy (non-hydrogen) atoms. The lowest BCUT2D eigenvalue weighted by Gasteiger charge is -2.07. The molecule has 1 heterocycles. The number of esters is 1. The third-order valence-electron chi connectivity index (χ3n) is 2.79. The number of carbonyl (C=O) groups is 2. The average Bonchev–Trinajstić information content (AvgIpc) is 2.47. The Bertz CT molecular complexity index is 683. The zero-order chi connectivity index (χ0) is 15.4. The van der Waals surface area contributed by atoms with Gasteiger partial charge in [-0.2, -0.15) is 0 Å². The highest BCUT2D eigenvalue weighted by atomic mass is 16.5. The summed E-state index contributed by atoms with van der Waals surface area (Å²) in [6.45, 7) is 1.71. The standard InChI is InChI=1S/C14H13N3O4/c1-8-7-9(3-4-10(8)13(18)19)15-12-6-5-11(16-17-12)14(20)21-2/h3-7H,1-2H3,(H,15,17)(H,18,19). The van der Waals surface area contributed by atoms with Gasteiger partial charge in [0.25, 0.3) is 0 Å². The van der Waals surface area contributed by atoms with Crippen LogP contribution in [0.2, 0.25) is 0 Å². The Morgan fingerprint density at radius 1 is 1.19 bits per heavy atom. The number of nitrogens with one attached hydrogen (secondary N) is 1. The second-order valence-electron chi connectivity index (χ2n) is 4.26. The van der Waals surface area contributed by atoms with Crippen LogP contribution in [0, 0.1) is 6.92 Å². The van der Waals surface area contributed by atoms with Crippen LogP contribution in [-0.2, 0) is 4.74 Å². The van der Waals surface area contributed by atoms with E-state index >= 15 is 0 Å². The molecule has 0 atom stereocenters. The zero-order valence-electron chi connectivity index (χ0n) is 11.5. The Labute approximate surface area is 120 Å². The molecule has 1 aromatic heterocycles. The van der Waals surface area contributed by atoms with E-state index in [1.165, 1.54) is 19.2 Å². The molecule has 0 fully saturated rings. The second-order valence-corrected chi connectivity index (χ2v) is 4.26. The van der Waals surface area contributed by atoms with Gasteiger partial charge in [-0.1, -0.05) is 0 Å². The van der Waals surface area contributed by atoms with Crippen molar-refractivity contribution < 1.29 is 19.4 Å². The van der Waals surface area contributed by atoms with Crippen LogP contribution in [0.15, 0.2) is 30.3 Å². The van der Waals surface area contributed by atoms with Crippen molar-refractivity contribution in [2.24, 2.45) is 0 Å². The van der Waals surface area contributed by atoms with E-state index in [1.54, 1.807) is 25.1 Å². The third-order valence-corrected chi connectivity index (χ3v) is 2.79. The fraction of sp³-hybridized carbons (Fsp3) is 0.143. The molecular weight excluding hydrogens is 274 g/mol. The molecule has 0 spiro atoms. The van der Waals surface area contributed by atoms with Gasteiger partial charge in [0.2, 0.25) is 0 Å². The highest BCUT2D eigenvalue weighted by Crippen LogP contribution is 2.18. The van der Waals surface area contributed by atoms with E-state index in [0.29, 0.717) is 17.1 Å². The molecule has 0 amide bonds. The highest BCUT2D eigenvalue weighted by molar-refractivity contribution is 5.90. The molecule has 2 aromatic rings. The molecule has 0 aliphatic rings. The van der Waals surface area contributed by atoms with Crippen LogP contribution in [-0.4, -0.2) is 34.4 Å². The molecule has 2 rings (SSSR count). The summed E-state index contributed by atoms with van der Waals surface area (Å²) in [6, 6.07) is 7.90. The van der Waals surface area contributed by atoms with E-state index in [9.17, 15) is 9.59 Å². The number of rotatable bonds is 4. The fourth-order valence-electron chi connectivity index (χ4n) is 1.74. The summed E-state index contributed by atoms with van der Waals surface area (Å²) >= 11 is 0. The molecule has 0 saturated heterocycles. The first kappa shape index (κ1) is 14.4. The number of hydrogen-bond donors (Lipinski definition) is 2. The molecular formula is C14H13N3O4. The van der Waals surface area contributed by atoms with Crippen LogP contribution in [0.5, 0.6) is 0 Å². The number of nitrogens with zero attached hydrogens (tertiary/aromatic N) is 2. The van der Waals surface area contributed by atoms with Crippen LogP contribution >= 0.6 is 0 Å². The summed E-state index contributed by atoms with van der Waals surface area (Å²) in [7, 11) is 1.27. The van der Waals surface area contributed by atoms with Gasteiger partial charge in [0.15, 0.2) is 11.5 Å². The monoisotopic (exact) mass is 287 g/mol. The van der Waals surface area contributed by atoms with Crippen molar-refractivity contribution in [3.63, 3.8) is 0 Å². The summed E-state index contributed by atoms with van der Waals surface area (Å²) in [5.74, 6) is -1.10. The first-order valence-electron chi connectivity index (χ1n) is 6.04. The molecule has 0 unspecified atom stereocenters. The molecule has 7 heteroatoms. The topological polar surface area (TPSA) is 101 Å². The Morgan fingerprint density at radius 2 is 1.95 bits per heavy atom. The number of anilines is 2. The minimum atomic E-state index is -0.971. The Balaban J connectivity index is 2.17. The summed E-state index contributed by atoms with van der Waals surface area (Å²) in [4.78, 5) is 22.2. The van der Waals surface area contributed by atoms with Gasteiger partial charge in [-0.3, -0.25) is 0 Å². The Kier molecular flexibility index (Phi) is 4.13. The molecule has 0 aliphatic carbocycles. The van der Waals surface area contributed by atoms with Crippen molar-refractivity contribution in [3.05, 3.63) is 47.2 Å². The minimum absolute atomic E-state index is 0.112. The zero-order valence-corrected chi connectivity index (χ0v) is 11.5. The molecule has 1 aromatic carbocycles. The van der Waals surface area contributed by atoms with Crippen molar-refractivity contribution in [2.45, 2.75) is 6.92 Å². The summed E-state index contributed by atoms with van der Waals surface area (Å²) in [5, 5.41) is 19.5. The van der Waals surface area contributed by atoms with E-state index in [-0.39, 0.29) is 11.3 Å². The summed E-state index contributed by atoms with van der Waals surface area (Å²) < 4.78 is 4.53. The van der Waals surface area contributed by atoms with Crippen LogP contribution in [0.1, 0.15) is 26.4 Å². The first-order chi connectivity index (χ1) is 10.0. The summed E-state index contributed by atoms with van der Waals surface area (Å²) in [6.07, 6.45) is 0. The van der Waals surface area contributed by atoms with Crippen molar-refractivity contribution in [1.82, 2.24) is 10.2 Å². The van der Waals surface area contributed by atoms with Gasteiger partial charge in [0.05, 0.1) is 12.7 Å². The number of aromatic carboxylic acids is 1. The van der Waals surface area contributed by atoms with E-state index in [0.717, 1.165) is 0 Å². The van der Waals surface area contributed by atoms with Crippen LogP contribution in [0.25, 0.3) is 0 Å². The van der Waals surface area contributed by atoms with Gasteiger partial charge in [0, 0.05) is 5.69 Å². The molecule has 0 bridgehead atoms. The largest absolute Gasteiger partial charge is 0.478 e. The summed E-state index contributed by atoms with van der Waals surface area (Å²) in [5.41, 5.74) is 1.66. The number of carboxylic acids is 1. The lowest BCUT2D eigenvalue weighted by molar-refractivity contribution is 0.0592. The number of carboxylic acid groups (broad SMARTS) is 1. The molecule has 2 N–H and O–H groups in total. The van der Waals surface area contributed by atoms with E-state index in [4.69, 9.17) is 5.11 Å². The quantitative estimate of drug-likeness (QED) is 0.829. The van der Waals surface area contributed by atoms with E-state index in [2.05, 4.69) is 20.3 Å². The Morgan fingerprint density at radius 3 is 2.48 bits per heavy atom. The molecule has 0 radical (unpaired) electrons. The number of benzene rings is 1. The van der Waals surface area contributed by atoms with Crippen LogP contribution in [0.3, 0.4) is 0 Å². The van der Waals surface area contributed by atoms with Gasteiger partial charge >= 0.3 is 11.9 Å². The third kappa shape index (κ3) is 3.33. The lowest BCUT2D eigenvalue weighted by atomic mass is 10.1. The molecule has 0 saturated carbocycles. The SMILES string of the molecule is COC(=O)c1ccc(Nc2ccc(C(=O)O)c(C)c2)nn1. The number of methoxy groups -OCH3 is 1. The van der Waals surface area contributed by atoms with Gasteiger partial charge in [-0.25, -0.2) is 9.59 Å². The van der Waals surface area contributed by atoms with Gasteiger partial charge in [-0.05, 0) is 42.8 Å². The number of carbonyl (C=O) groups excluding carboxylic acids is 1. The number of aryl methyl sites for hydroxylation is 1. The maximum atomic E-state index is 11.2. The van der Waals surface area contributed by atoms with Crippen LogP contribution < -0.4 is 5.32 Å². The lowest BCUT2D eigenvalue weighted by Crippen LogP contribution is -2.06. The minimum Gasteiger partial charge on any atom is -0.478 e. The number of hydrogen-bond acceptors (Lipinski definition) is 6. The highest BCUT2D eigenvalue weighted by Gasteiger charge is 2.09. The smallest absolute Gasteiger partial charge is 0.358 e. The van der Waals surface area contributed by atoms with Gasteiger partial charge in [-0.15, -0.1) is 10.2 Å². The second kappa shape index (κ2) is 6.00. The average molecular weight is 287 g/mol. The van der Waals surface area contributed by atoms with Crippen LogP contribution in [0.4, 0.5) is 11.5 Å². The maximum absolute atomic E-state index is 11.2. The van der Waals surface area contributed by atoms with Crippen molar-refractivity contribution in [1.29, 1.82) is 0 Å². The maximum Gasteiger partial charge on any atom is 0.358 e. The number of aromatic nitrogens is 2. The predicted molar refractivity (Wildman–Crippen MR) is 74.8 cm³/mol. The molecule has 7 nitrogen and oxygen atoms in total. The van der Waals surface area contributed by atoms with Crippen molar-refractivity contribution in [3.8, 4) is 0 Å². The molecule has 108 valence electrons. The van der Waals surface area contributed by atoms with Gasteiger partial charge < -0.3 is 15.2 Å². The predicted octanol–water partition coefficient (Wildman–Crippen LogP) is 2.01. The molecule has 0 aliphatic heterocycles. The fourth-order valence-corrected chi connectivity index (χ4v) is 1.74.